The molecule has 0 aliphatic carbocycles. The predicted molar refractivity (Wildman–Crippen MR) is 82.4 cm³/mol. The molecule has 1 unspecified atom stereocenters. The lowest BCUT2D eigenvalue weighted by Gasteiger charge is -2.30. The second-order valence-corrected chi connectivity index (χ2v) is 7.18. The summed E-state index contributed by atoms with van der Waals surface area (Å²) >= 11 is 0. The number of hydrogen-bond donors (Lipinski definition) is 2. The lowest BCUT2D eigenvalue weighted by Crippen LogP contribution is -2.32. The number of nitrogens with zero attached hydrogens (tertiary/aromatic N) is 1. The molecule has 1 aromatic carbocycles. The Morgan fingerprint density at radius 3 is 2.70 bits per heavy atom. The third-order valence-electron chi connectivity index (χ3n) is 3.94. The molecule has 1 atom stereocenters. The van der Waals surface area contributed by atoms with E-state index < -0.39 is 10.0 Å². The summed E-state index contributed by atoms with van der Waals surface area (Å²) < 4.78 is 25.9. The molecule has 1 aliphatic heterocycles. The molecular formula is C14H23N3O2S. The number of benzene rings is 1. The van der Waals surface area contributed by atoms with E-state index in [0.29, 0.717) is 11.7 Å². The fraction of sp³-hybridized carbons (Fsp3) is 0.571. The zero-order valence-electron chi connectivity index (χ0n) is 12.1. The Morgan fingerprint density at radius 2 is 2.05 bits per heavy atom. The van der Waals surface area contributed by atoms with E-state index in [4.69, 9.17) is 5.73 Å². The van der Waals surface area contributed by atoms with Gasteiger partial charge >= 0.3 is 0 Å². The summed E-state index contributed by atoms with van der Waals surface area (Å²) in [5.41, 5.74) is 7.23. The molecule has 0 aromatic heterocycles. The van der Waals surface area contributed by atoms with Crippen molar-refractivity contribution in [2.45, 2.75) is 43.5 Å². The number of hydrogen-bond acceptors (Lipinski definition) is 4. The van der Waals surface area contributed by atoms with E-state index in [1.54, 1.807) is 12.1 Å². The summed E-state index contributed by atoms with van der Waals surface area (Å²) in [5.74, 6) is 0. The van der Waals surface area contributed by atoms with Crippen molar-refractivity contribution in [1.29, 1.82) is 0 Å². The van der Waals surface area contributed by atoms with Gasteiger partial charge < -0.3 is 10.6 Å². The molecule has 0 radical (unpaired) electrons. The standard InChI is InChI=1S/C14H23N3O2S/c1-11-6-4-3-5-9-17(11)12-7-8-14(13(15)10-12)20(18,19)16-2/h7-8,10-11,16H,3-6,9,15H2,1-2H3. The van der Waals surface area contributed by atoms with Gasteiger partial charge in [-0.3, -0.25) is 0 Å². The van der Waals surface area contributed by atoms with Crippen LogP contribution in [0.3, 0.4) is 0 Å². The molecule has 1 aromatic rings. The van der Waals surface area contributed by atoms with Crippen LogP contribution in [-0.4, -0.2) is 28.1 Å². The van der Waals surface area contributed by atoms with Gasteiger partial charge in [-0.2, -0.15) is 0 Å². The fourth-order valence-electron chi connectivity index (χ4n) is 2.73. The van der Waals surface area contributed by atoms with Gasteiger partial charge in [-0.15, -0.1) is 0 Å². The normalized spacial score (nSPS) is 20.7. The number of sulfonamides is 1. The first-order valence-corrected chi connectivity index (χ1v) is 8.54. The molecule has 112 valence electrons. The van der Waals surface area contributed by atoms with Gasteiger partial charge in [0.2, 0.25) is 10.0 Å². The molecule has 20 heavy (non-hydrogen) atoms. The molecule has 1 fully saturated rings. The van der Waals surface area contributed by atoms with E-state index in [0.717, 1.165) is 18.7 Å². The fourth-order valence-corrected chi connectivity index (χ4v) is 3.56. The van der Waals surface area contributed by atoms with Gasteiger partial charge in [0.05, 0.1) is 5.69 Å². The summed E-state index contributed by atoms with van der Waals surface area (Å²) in [6, 6.07) is 5.67. The molecule has 1 saturated heterocycles. The van der Waals surface area contributed by atoms with E-state index in [9.17, 15) is 8.42 Å². The van der Waals surface area contributed by atoms with Crippen LogP contribution in [0.25, 0.3) is 0 Å². The van der Waals surface area contributed by atoms with Gasteiger partial charge in [0.15, 0.2) is 0 Å². The molecule has 2 rings (SSSR count). The summed E-state index contributed by atoms with van der Waals surface area (Å²) in [5, 5.41) is 0. The van der Waals surface area contributed by atoms with Crippen molar-refractivity contribution in [3.8, 4) is 0 Å². The summed E-state index contributed by atoms with van der Waals surface area (Å²) in [7, 11) is -2.10. The van der Waals surface area contributed by atoms with Crippen LogP contribution in [-0.2, 0) is 10.0 Å². The average Bonchev–Trinajstić information content (AvgIpc) is 2.63. The van der Waals surface area contributed by atoms with Gasteiger partial charge in [0.1, 0.15) is 4.90 Å². The van der Waals surface area contributed by atoms with Crippen LogP contribution >= 0.6 is 0 Å². The minimum atomic E-state index is -3.49. The van der Waals surface area contributed by atoms with E-state index in [1.807, 2.05) is 6.07 Å². The first-order valence-electron chi connectivity index (χ1n) is 7.05. The highest BCUT2D eigenvalue weighted by molar-refractivity contribution is 7.89. The minimum absolute atomic E-state index is 0.145. The average molecular weight is 297 g/mol. The third kappa shape index (κ3) is 3.07. The highest BCUT2D eigenvalue weighted by atomic mass is 32.2. The van der Waals surface area contributed by atoms with Crippen molar-refractivity contribution < 1.29 is 8.42 Å². The number of nitrogens with one attached hydrogen (secondary N) is 1. The van der Waals surface area contributed by atoms with Crippen molar-refractivity contribution in [2.75, 3.05) is 24.2 Å². The zero-order chi connectivity index (χ0) is 14.8. The lowest BCUT2D eigenvalue weighted by atomic mass is 10.1. The zero-order valence-corrected chi connectivity index (χ0v) is 12.9. The maximum absolute atomic E-state index is 11.8. The van der Waals surface area contributed by atoms with E-state index in [1.165, 1.54) is 26.3 Å². The van der Waals surface area contributed by atoms with Crippen molar-refractivity contribution in [1.82, 2.24) is 4.72 Å². The topological polar surface area (TPSA) is 75.4 Å². The van der Waals surface area contributed by atoms with Gasteiger partial charge in [-0.1, -0.05) is 12.8 Å². The molecule has 0 amide bonds. The smallest absolute Gasteiger partial charge is 0.242 e. The molecule has 5 nitrogen and oxygen atoms in total. The highest BCUT2D eigenvalue weighted by Gasteiger charge is 2.20. The van der Waals surface area contributed by atoms with Gasteiger partial charge in [-0.25, -0.2) is 13.1 Å². The number of anilines is 2. The van der Waals surface area contributed by atoms with Crippen LogP contribution in [0.4, 0.5) is 11.4 Å². The molecule has 0 saturated carbocycles. The predicted octanol–water partition coefficient (Wildman–Crippen LogP) is 1.95. The van der Waals surface area contributed by atoms with Crippen LogP contribution in [0.2, 0.25) is 0 Å². The maximum Gasteiger partial charge on any atom is 0.242 e. The van der Waals surface area contributed by atoms with Crippen LogP contribution in [0.15, 0.2) is 23.1 Å². The Hall–Kier alpha value is -1.27. The lowest BCUT2D eigenvalue weighted by molar-refractivity contribution is 0.588. The van der Waals surface area contributed by atoms with Crippen molar-refractivity contribution >= 4 is 21.4 Å². The summed E-state index contributed by atoms with van der Waals surface area (Å²) in [4.78, 5) is 2.46. The van der Waals surface area contributed by atoms with Crippen LogP contribution in [0.1, 0.15) is 32.6 Å². The summed E-state index contributed by atoms with van der Waals surface area (Å²) in [6.07, 6.45) is 4.83. The molecule has 0 bridgehead atoms. The van der Waals surface area contributed by atoms with Gasteiger partial charge in [0, 0.05) is 18.3 Å². The van der Waals surface area contributed by atoms with Crippen molar-refractivity contribution in [3.63, 3.8) is 0 Å². The number of nitrogens with two attached hydrogens (primary N) is 1. The van der Waals surface area contributed by atoms with Gasteiger partial charge in [-0.05, 0) is 45.0 Å². The van der Waals surface area contributed by atoms with Crippen molar-refractivity contribution in [3.05, 3.63) is 18.2 Å². The summed E-state index contributed by atoms with van der Waals surface area (Å²) in [6.45, 7) is 3.21. The quantitative estimate of drug-likeness (QED) is 0.836. The number of rotatable bonds is 3. The second kappa shape index (κ2) is 6.01. The van der Waals surface area contributed by atoms with Gasteiger partial charge in [0.25, 0.3) is 0 Å². The van der Waals surface area contributed by atoms with E-state index >= 15 is 0 Å². The van der Waals surface area contributed by atoms with Crippen LogP contribution < -0.4 is 15.4 Å². The van der Waals surface area contributed by atoms with E-state index in [-0.39, 0.29) is 4.90 Å². The Kier molecular flexibility index (Phi) is 4.55. The van der Waals surface area contributed by atoms with E-state index in [2.05, 4.69) is 16.5 Å². The largest absolute Gasteiger partial charge is 0.398 e. The molecule has 1 heterocycles. The minimum Gasteiger partial charge on any atom is -0.398 e. The maximum atomic E-state index is 11.8. The molecule has 3 N–H and O–H groups in total. The monoisotopic (exact) mass is 297 g/mol. The Morgan fingerprint density at radius 1 is 1.30 bits per heavy atom. The molecule has 0 spiro atoms. The molecule has 6 heteroatoms. The Balaban J connectivity index is 2.33. The van der Waals surface area contributed by atoms with Crippen LogP contribution in [0.5, 0.6) is 0 Å². The Labute approximate surface area is 121 Å². The molecular weight excluding hydrogens is 274 g/mol. The third-order valence-corrected chi connectivity index (χ3v) is 5.42. The highest BCUT2D eigenvalue weighted by Crippen LogP contribution is 2.28. The molecule has 1 aliphatic rings. The Bertz CT molecular complexity index is 572. The van der Waals surface area contributed by atoms with Crippen molar-refractivity contribution in [2.24, 2.45) is 0 Å². The number of nitrogen functional groups attached to an aromatic ring is 1. The SMILES string of the molecule is CNS(=O)(=O)c1ccc(N2CCCCCC2C)cc1N. The first-order chi connectivity index (χ1) is 9.45. The van der Waals surface area contributed by atoms with Crippen LogP contribution in [0, 0.1) is 0 Å². The first kappa shape index (κ1) is 15.1. The second-order valence-electron chi connectivity index (χ2n) is 5.32.